The van der Waals surface area contributed by atoms with E-state index in [1.54, 1.807) is 0 Å². The van der Waals surface area contributed by atoms with Gasteiger partial charge < -0.3 is 10.2 Å². The zero-order valence-electron chi connectivity index (χ0n) is 13.4. The van der Waals surface area contributed by atoms with E-state index in [4.69, 9.17) is 4.98 Å². The molecule has 0 bridgehead atoms. The summed E-state index contributed by atoms with van der Waals surface area (Å²) in [7, 11) is 2.00. The monoisotopic (exact) mass is 293 g/mol. The molecule has 1 aromatic rings. The predicted octanol–water partition coefficient (Wildman–Crippen LogP) is 3.04. The topological polar surface area (TPSA) is 28.2 Å². The molecule has 1 N–H and O–H groups in total. The van der Waals surface area contributed by atoms with Crippen molar-refractivity contribution in [1.29, 1.82) is 0 Å². The summed E-state index contributed by atoms with van der Waals surface area (Å²) >= 11 is 2.06. The van der Waals surface area contributed by atoms with Crippen molar-refractivity contribution in [2.45, 2.75) is 44.9 Å². The van der Waals surface area contributed by atoms with Crippen LogP contribution in [0.3, 0.4) is 0 Å². The van der Waals surface area contributed by atoms with E-state index in [-0.39, 0.29) is 5.41 Å². The first-order chi connectivity index (χ1) is 9.40. The van der Waals surface area contributed by atoms with Crippen LogP contribution in [0.1, 0.15) is 39.0 Å². The summed E-state index contributed by atoms with van der Waals surface area (Å²) in [4.78, 5) is 7.37. The molecule has 1 fully saturated rings. The minimum atomic E-state index is 0.0919. The first-order valence-electron chi connectivity index (χ1n) is 7.43. The van der Waals surface area contributed by atoms with Crippen molar-refractivity contribution in [3.05, 3.63) is 23.4 Å². The summed E-state index contributed by atoms with van der Waals surface area (Å²) in [5.41, 5.74) is 2.61. The summed E-state index contributed by atoms with van der Waals surface area (Å²) in [6.07, 6.45) is 0. The van der Waals surface area contributed by atoms with Crippen molar-refractivity contribution in [1.82, 2.24) is 10.3 Å². The maximum atomic E-state index is 4.93. The quantitative estimate of drug-likeness (QED) is 0.927. The van der Waals surface area contributed by atoms with Crippen LogP contribution >= 0.6 is 11.8 Å². The molecule has 1 aromatic heterocycles. The van der Waals surface area contributed by atoms with Crippen molar-refractivity contribution >= 4 is 17.6 Å². The second-order valence-electron chi connectivity index (χ2n) is 6.63. The minimum absolute atomic E-state index is 0.0919. The van der Waals surface area contributed by atoms with Gasteiger partial charge in [-0.3, -0.25) is 0 Å². The summed E-state index contributed by atoms with van der Waals surface area (Å²) in [6.45, 7) is 12.1. The van der Waals surface area contributed by atoms with Crippen molar-refractivity contribution < 1.29 is 0 Å². The maximum Gasteiger partial charge on any atom is 0.129 e. The average molecular weight is 293 g/mol. The lowest BCUT2D eigenvalue weighted by Crippen LogP contribution is -2.37. The highest BCUT2D eigenvalue weighted by molar-refractivity contribution is 8.00. The minimum Gasteiger partial charge on any atom is -0.355 e. The Kier molecular flexibility index (Phi) is 4.97. The van der Waals surface area contributed by atoms with Gasteiger partial charge in [0, 0.05) is 41.7 Å². The third-order valence-electron chi connectivity index (χ3n) is 3.59. The Morgan fingerprint density at radius 3 is 2.75 bits per heavy atom. The highest BCUT2D eigenvalue weighted by Gasteiger charge is 2.22. The van der Waals surface area contributed by atoms with Gasteiger partial charge in [0.05, 0.1) is 0 Å². The molecule has 2 heterocycles. The second-order valence-corrected chi connectivity index (χ2v) is 8.17. The molecule has 1 atom stereocenters. The summed E-state index contributed by atoms with van der Waals surface area (Å²) in [6, 6.07) is 4.48. The molecular formula is C16H27N3S. The number of hydrogen-bond acceptors (Lipinski definition) is 4. The molecule has 2 rings (SSSR count). The van der Waals surface area contributed by atoms with Crippen LogP contribution in [0.2, 0.25) is 0 Å². The Morgan fingerprint density at radius 2 is 2.15 bits per heavy atom. The number of nitrogens with zero attached hydrogens (tertiary/aromatic N) is 2. The van der Waals surface area contributed by atoms with Crippen molar-refractivity contribution in [2.75, 3.05) is 30.8 Å². The number of anilines is 1. The lowest BCUT2D eigenvalue weighted by molar-refractivity contribution is 0.565. The van der Waals surface area contributed by atoms with E-state index in [9.17, 15) is 0 Å². The Labute approximate surface area is 127 Å². The van der Waals surface area contributed by atoms with E-state index >= 15 is 0 Å². The van der Waals surface area contributed by atoms with Gasteiger partial charge in [0.25, 0.3) is 0 Å². The summed E-state index contributed by atoms with van der Waals surface area (Å²) in [5.74, 6) is 2.35. The number of nitrogens with one attached hydrogen (secondary N) is 1. The Bertz CT molecular complexity index is 454. The van der Waals surface area contributed by atoms with Crippen LogP contribution in [0.15, 0.2) is 12.1 Å². The zero-order valence-corrected chi connectivity index (χ0v) is 14.2. The fraction of sp³-hybridized carbons (Fsp3) is 0.688. The third-order valence-corrected chi connectivity index (χ3v) is 4.72. The van der Waals surface area contributed by atoms with Crippen molar-refractivity contribution in [3.8, 4) is 0 Å². The first-order valence-corrected chi connectivity index (χ1v) is 8.47. The van der Waals surface area contributed by atoms with E-state index in [0.717, 1.165) is 25.5 Å². The normalized spacial score (nSPS) is 20.2. The fourth-order valence-corrected chi connectivity index (χ4v) is 3.46. The number of pyridine rings is 1. The molecular weight excluding hydrogens is 266 g/mol. The van der Waals surface area contributed by atoms with Gasteiger partial charge in [0.2, 0.25) is 0 Å². The molecule has 1 aliphatic rings. The lowest BCUT2D eigenvalue weighted by atomic mass is 9.90. The molecule has 112 valence electrons. The Morgan fingerprint density at radius 1 is 1.40 bits per heavy atom. The van der Waals surface area contributed by atoms with Crippen LogP contribution < -0.4 is 10.2 Å². The van der Waals surface area contributed by atoms with Gasteiger partial charge in [-0.05, 0) is 24.7 Å². The Hall–Kier alpha value is -0.740. The number of hydrogen-bond donors (Lipinski definition) is 1. The van der Waals surface area contributed by atoms with Crippen LogP contribution in [0.4, 0.5) is 5.82 Å². The fourth-order valence-electron chi connectivity index (χ4n) is 2.45. The molecule has 4 heteroatoms. The molecule has 0 spiro atoms. The van der Waals surface area contributed by atoms with E-state index in [1.165, 1.54) is 17.0 Å². The van der Waals surface area contributed by atoms with Crippen LogP contribution in [0.5, 0.6) is 0 Å². The molecule has 0 radical (unpaired) electrons. The van der Waals surface area contributed by atoms with Crippen LogP contribution in [-0.4, -0.2) is 36.1 Å². The molecule has 1 saturated heterocycles. The van der Waals surface area contributed by atoms with Crippen LogP contribution in [0, 0.1) is 0 Å². The largest absolute Gasteiger partial charge is 0.355 e. The van der Waals surface area contributed by atoms with Crippen LogP contribution in [-0.2, 0) is 12.0 Å². The highest BCUT2D eigenvalue weighted by Crippen LogP contribution is 2.27. The lowest BCUT2D eigenvalue weighted by Gasteiger charge is -2.33. The van der Waals surface area contributed by atoms with Crippen molar-refractivity contribution in [3.63, 3.8) is 0 Å². The second kappa shape index (κ2) is 6.35. The summed E-state index contributed by atoms with van der Waals surface area (Å²) < 4.78 is 0. The first kappa shape index (κ1) is 15.6. The van der Waals surface area contributed by atoms with E-state index in [1.807, 2.05) is 7.05 Å². The Balaban J connectivity index is 2.33. The van der Waals surface area contributed by atoms with E-state index in [0.29, 0.717) is 5.25 Å². The van der Waals surface area contributed by atoms with Gasteiger partial charge >= 0.3 is 0 Å². The van der Waals surface area contributed by atoms with Gasteiger partial charge in [-0.1, -0.05) is 27.7 Å². The highest BCUT2D eigenvalue weighted by atomic mass is 32.2. The SMILES string of the molecule is CNCc1cc(N2CCSC(C)C2)nc(C(C)(C)C)c1. The van der Waals surface area contributed by atoms with Gasteiger partial charge in [0.1, 0.15) is 5.82 Å². The number of aromatic nitrogens is 1. The predicted molar refractivity (Wildman–Crippen MR) is 89.8 cm³/mol. The van der Waals surface area contributed by atoms with E-state index in [2.05, 4.69) is 61.8 Å². The molecule has 3 nitrogen and oxygen atoms in total. The summed E-state index contributed by atoms with van der Waals surface area (Å²) in [5, 5.41) is 3.94. The molecule has 1 unspecified atom stereocenters. The number of rotatable bonds is 3. The molecule has 0 aromatic carbocycles. The standard InChI is InChI=1S/C16H27N3S/c1-12-11-19(6-7-20-12)15-9-13(10-17-5)8-14(18-15)16(2,3)4/h8-9,12,17H,6-7,10-11H2,1-5H3. The average Bonchev–Trinajstić information content (AvgIpc) is 2.38. The molecule has 0 saturated carbocycles. The maximum absolute atomic E-state index is 4.93. The smallest absolute Gasteiger partial charge is 0.129 e. The zero-order chi connectivity index (χ0) is 14.8. The van der Waals surface area contributed by atoms with Gasteiger partial charge in [0.15, 0.2) is 0 Å². The van der Waals surface area contributed by atoms with Crippen molar-refractivity contribution in [2.24, 2.45) is 0 Å². The number of thioether (sulfide) groups is 1. The third kappa shape index (κ3) is 3.89. The van der Waals surface area contributed by atoms with E-state index < -0.39 is 0 Å². The molecule has 1 aliphatic heterocycles. The molecule has 0 amide bonds. The van der Waals surface area contributed by atoms with Gasteiger partial charge in [-0.2, -0.15) is 11.8 Å². The van der Waals surface area contributed by atoms with Gasteiger partial charge in [-0.15, -0.1) is 0 Å². The molecule has 0 aliphatic carbocycles. The van der Waals surface area contributed by atoms with Gasteiger partial charge in [-0.25, -0.2) is 4.98 Å². The molecule has 20 heavy (non-hydrogen) atoms. The van der Waals surface area contributed by atoms with Crippen LogP contribution in [0.25, 0.3) is 0 Å².